The standard InChI is InChI=1S/C19H17ClN2OS/c1-11-4-7-14(8-5-11)13(3)21-22-19(23)18-17(20)15-9-6-12(2)10-16(15)24-18/h4-10H,1-3H3,(H,22,23). The maximum Gasteiger partial charge on any atom is 0.283 e. The lowest BCUT2D eigenvalue weighted by Gasteiger charge is -2.03. The van der Waals surface area contributed by atoms with E-state index in [1.54, 1.807) is 0 Å². The van der Waals surface area contributed by atoms with Crippen LogP contribution >= 0.6 is 22.9 Å². The van der Waals surface area contributed by atoms with Crippen molar-refractivity contribution in [1.82, 2.24) is 5.43 Å². The number of hydrogen-bond acceptors (Lipinski definition) is 3. The van der Waals surface area contributed by atoms with Gasteiger partial charge in [-0.1, -0.05) is 53.6 Å². The largest absolute Gasteiger partial charge is 0.283 e. The Labute approximate surface area is 150 Å². The fraction of sp³-hybridized carbons (Fsp3) is 0.158. The number of nitrogens with one attached hydrogen (secondary N) is 1. The zero-order chi connectivity index (χ0) is 17.3. The lowest BCUT2D eigenvalue weighted by atomic mass is 10.1. The number of hydrogen-bond donors (Lipinski definition) is 1. The predicted molar refractivity (Wildman–Crippen MR) is 102 cm³/mol. The van der Waals surface area contributed by atoms with Gasteiger partial charge in [0.05, 0.1) is 10.7 Å². The molecule has 3 nitrogen and oxygen atoms in total. The van der Waals surface area contributed by atoms with E-state index in [1.807, 2.05) is 63.2 Å². The smallest absolute Gasteiger partial charge is 0.266 e. The van der Waals surface area contributed by atoms with Gasteiger partial charge in [0.2, 0.25) is 0 Å². The van der Waals surface area contributed by atoms with Crippen LogP contribution in [0.5, 0.6) is 0 Å². The molecule has 1 heterocycles. The molecule has 0 radical (unpaired) electrons. The van der Waals surface area contributed by atoms with Crippen molar-refractivity contribution in [1.29, 1.82) is 0 Å². The monoisotopic (exact) mass is 356 g/mol. The van der Waals surface area contributed by atoms with Crippen LogP contribution in [-0.2, 0) is 0 Å². The van der Waals surface area contributed by atoms with E-state index in [1.165, 1.54) is 16.9 Å². The second-order valence-corrected chi connectivity index (χ2v) is 7.18. The molecule has 1 amide bonds. The molecule has 0 unspecified atom stereocenters. The molecule has 5 heteroatoms. The van der Waals surface area contributed by atoms with Crippen molar-refractivity contribution in [3.05, 3.63) is 69.1 Å². The minimum Gasteiger partial charge on any atom is -0.266 e. The Morgan fingerprint density at radius 1 is 1.08 bits per heavy atom. The Balaban J connectivity index is 1.83. The van der Waals surface area contributed by atoms with E-state index in [0.29, 0.717) is 9.90 Å². The van der Waals surface area contributed by atoms with Crippen LogP contribution in [0.25, 0.3) is 10.1 Å². The summed E-state index contributed by atoms with van der Waals surface area (Å²) in [5.74, 6) is -0.287. The lowest BCUT2D eigenvalue weighted by molar-refractivity contribution is 0.0959. The van der Waals surface area contributed by atoms with E-state index in [9.17, 15) is 4.79 Å². The van der Waals surface area contributed by atoms with Gasteiger partial charge in [-0.3, -0.25) is 4.79 Å². The number of halogens is 1. The average Bonchev–Trinajstić information content (AvgIpc) is 2.89. The van der Waals surface area contributed by atoms with Gasteiger partial charge >= 0.3 is 0 Å². The van der Waals surface area contributed by atoms with Crippen molar-refractivity contribution < 1.29 is 4.79 Å². The number of nitrogens with zero attached hydrogens (tertiary/aromatic N) is 1. The highest BCUT2D eigenvalue weighted by atomic mass is 35.5. The molecular formula is C19H17ClN2OS. The molecule has 3 rings (SSSR count). The molecule has 24 heavy (non-hydrogen) atoms. The van der Waals surface area contributed by atoms with Crippen LogP contribution in [0.3, 0.4) is 0 Å². The summed E-state index contributed by atoms with van der Waals surface area (Å²) in [5, 5.41) is 5.58. The zero-order valence-corrected chi connectivity index (χ0v) is 15.3. The third-order valence-electron chi connectivity index (χ3n) is 3.79. The number of hydrazone groups is 1. The molecule has 0 saturated heterocycles. The summed E-state index contributed by atoms with van der Waals surface area (Å²) in [7, 11) is 0. The SMILES string of the molecule is CC(=NNC(=O)c1sc2cc(C)ccc2c1Cl)c1ccc(C)cc1. The summed E-state index contributed by atoms with van der Waals surface area (Å²) in [6, 6.07) is 14.0. The van der Waals surface area contributed by atoms with E-state index < -0.39 is 0 Å². The first-order chi connectivity index (χ1) is 11.5. The molecule has 2 aromatic carbocycles. The van der Waals surface area contributed by atoms with Crippen LogP contribution in [0.1, 0.15) is 33.3 Å². The highest BCUT2D eigenvalue weighted by Gasteiger charge is 2.17. The molecule has 1 aromatic heterocycles. The fourth-order valence-electron chi connectivity index (χ4n) is 2.36. The van der Waals surface area contributed by atoms with Crippen LogP contribution in [0.15, 0.2) is 47.6 Å². The summed E-state index contributed by atoms with van der Waals surface area (Å²) < 4.78 is 1.00. The Kier molecular flexibility index (Phi) is 4.69. The normalized spacial score (nSPS) is 11.8. The second kappa shape index (κ2) is 6.75. The van der Waals surface area contributed by atoms with Gasteiger partial charge in [-0.25, -0.2) is 5.43 Å². The number of thiophene rings is 1. The number of aryl methyl sites for hydroxylation is 2. The number of benzene rings is 2. The summed E-state index contributed by atoms with van der Waals surface area (Å²) in [6.07, 6.45) is 0. The van der Waals surface area contributed by atoms with E-state index in [4.69, 9.17) is 11.6 Å². The summed E-state index contributed by atoms with van der Waals surface area (Å²) in [6.45, 7) is 5.91. The van der Waals surface area contributed by atoms with Crippen molar-refractivity contribution in [2.75, 3.05) is 0 Å². The van der Waals surface area contributed by atoms with Crippen LogP contribution < -0.4 is 5.43 Å². The van der Waals surface area contributed by atoms with Gasteiger partial charge in [0.15, 0.2) is 0 Å². The van der Waals surface area contributed by atoms with Crippen LogP contribution in [0.2, 0.25) is 5.02 Å². The third-order valence-corrected chi connectivity index (χ3v) is 5.44. The topological polar surface area (TPSA) is 41.5 Å². The van der Waals surface area contributed by atoms with Gasteiger partial charge in [0.25, 0.3) is 5.91 Å². The van der Waals surface area contributed by atoms with Crippen molar-refractivity contribution >= 4 is 44.6 Å². The fourth-order valence-corrected chi connectivity index (χ4v) is 3.87. The van der Waals surface area contributed by atoms with E-state index in [2.05, 4.69) is 10.5 Å². The number of carbonyl (C=O) groups excluding carboxylic acids is 1. The van der Waals surface area contributed by atoms with Gasteiger partial charge in [-0.2, -0.15) is 5.10 Å². The van der Waals surface area contributed by atoms with Gasteiger partial charge in [-0.05, 0) is 38.0 Å². The van der Waals surface area contributed by atoms with Crippen molar-refractivity contribution in [2.45, 2.75) is 20.8 Å². The third kappa shape index (κ3) is 3.35. The van der Waals surface area contributed by atoms with Crippen molar-refractivity contribution in [3.63, 3.8) is 0 Å². The summed E-state index contributed by atoms with van der Waals surface area (Å²) in [4.78, 5) is 12.9. The first kappa shape index (κ1) is 16.7. The molecule has 0 aliphatic carbocycles. The van der Waals surface area contributed by atoms with Gasteiger partial charge in [-0.15, -0.1) is 11.3 Å². The van der Waals surface area contributed by atoms with Crippen molar-refractivity contribution in [2.24, 2.45) is 5.10 Å². The molecular weight excluding hydrogens is 340 g/mol. The number of amides is 1. The quantitative estimate of drug-likeness (QED) is 0.500. The molecule has 3 aromatic rings. The first-order valence-corrected chi connectivity index (χ1v) is 8.75. The van der Waals surface area contributed by atoms with Gasteiger partial charge in [0.1, 0.15) is 4.88 Å². The highest BCUT2D eigenvalue weighted by Crippen LogP contribution is 2.35. The zero-order valence-electron chi connectivity index (χ0n) is 13.7. The average molecular weight is 357 g/mol. The van der Waals surface area contributed by atoms with Crippen molar-refractivity contribution in [3.8, 4) is 0 Å². The highest BCUT2D eigenvalue weighted by molar-refractivity contribution is 7.21. The minimum absolute atomic E-state index is 0.287. The molecule has 0 atom stereocenters. The molecule has 0 spiro atoms. The summed E-state index contributed by atoms with van der Waals surface area (Å²) >= 11 is 7.74. The second-order valence-electron chi connectivity index (χ2n) is 5.75. The molecule has 0 bridgehead atoms. The van der Waals surface area contributed by atoms with Crippen LogP contribution in [0, 0.1) is 13.8 Å². The predicted octanol–water partition coefficient (Wildman–Crippen LogP) is 5.33. The maximum atomic E-state index is 12.4. The molecule has 0 aliphatic heterocycles. The first-order valence-electron chi connectivity index (χ1n) is 7.56. The molecule has 0 aliphatic rings. The maximum absolute atomic E-state index is 12.4. The van der Waals surface area contributed by atoms with Crippen LogP contribution in [0.4, 0.5) is 0 Å². The molecule has 122 valence electrons. The molecule has 0 fully saturated rings. The summed E-state index contributed by atoms with van der Waals surface area (Å²) in [5.41, 5.74) is 6.64. The number of rotatable bonds is 3. The van der Waals surface area contributed by atoms with Gasteiger partial charge in [0, 0.05) is 10.1 Å². The Hall–Kier alpha value is -2.17. The minimum atomic E-state index is -0.287. The van der Waals surface area contributed by atoms with E-state index in [0.717, 1.165) is 26.9 Å². The molecule has 1 N–H and O–H groups in total. The number of carbonyl (C=O) groups is 1. The van der Waals surface area contributed by atoms with E-state index >= 15 is 0 Å². The van der Waals surface area contributed by atoms with E-state index in [-0.39, 0.29) is 5.91 Å². The Morgan fingerprint density at radius 3 is 2.46 bits per heavy atom. The Bertz CT molecular complexity index is 942. The lowest BCUT2D eigenvalue weighted by Crippen LogP contribution is -2.18. The van der Waals surface area contributed by atoms with Crippen LogP contribution in [-0.4, -0.2) is 11.6 Å². The Morgan fingerprint density at radius 2 is 1.75 bits per heavy atom. The molecule has 0 saturated carbocycles. The number of fused-ring (bicyclic) bond motifs is 1. The van der Waals surface area contributed by atoms with Gasteiger partial charge < -0.3 is 0 Å².